The molecule has 1 atom stereocenters. The van der Waals surface area contributed by atoms with Gasteiger partial charge in [0.05, 0.1) is 18.0 Å². The Bertz CT molecular complexity index is 542. The summed E-state index contributed by atoms with van der Waals surface area (Å²) in [5.41, 5.74) is 0.903. The molecular weight excluding hydrogens is 411 g/mol. The highest BCUT2D eigenvalue weighted by Gasteiger charge is 2.22. The highest BCUT2D eigenvalue weighted by Crippen LogP contribution is 2.31. The molecule has 18 heavy (non-hydrogen) atoms. The Morgan fingerprint density at radius 2 is 2.17 bits per heavy atom. The first-order chi connectivity index (χ1) is 7.77. The third kappa shape index (κ3) is 2.70. The van der Waals surface area contributed by atoms with E-state index in [-0.39, 0.29) is 24.8 Å². The van der Waals surface area contributed by atoms with E-state index in [0.717, 1.165) is 34.2 Å². The van der Waals surface area contributed by atoms with Crippen LogP contribution in [0.2, 0.25) is 5.15 Å². The van der Waals surface area contributed by atoms with Crippen LogP contribution >= 0.6 is 59.0 Å². The van der Waals surface area contributed by atoms with Crippen molar-refractivity contribution in [2.24, 2.45) is 0 Å². The SMILES string of the molecule is Cl.Cl.Clc1ncnc2c1c(I)cn2C1CCOC1. The maximum Gasteiger partial charge on any atom is 0.146 e. The molecule has 4 nitrogen and oxygen atoms in total. The van der Waals surface area contributed by atoms with E-state index in [1.165, 1.54) is 6.33 Å². The van der Waals surface area contributed by atoms with Crippen LogP contribution in [0.25, 0.3) is 11.0 Å². The zero-order valence-corrected chi connectivity index (χ0v) is 13.7. The largest absolute Gasteiger partial charge is 0.379 e. The summed E-state index contributed by atoms with van der Waals surface area (Å²) in [5, 5.41) is 1.46. The Hall–Kier alpha value is 0.180. The fourth-order valence-electron chi connectivity index (χ4n) is 2.02. The smallest absolute Gasteiger partial charge is 0.146 e. The predicted molar refractivity (Wildman–Crippen MR) is 84.2 cm³/mol. The average Bonchev–Trinajstić information content (AvgIpc) is 2.86. The topological polar surface area (TPSA) is 39.9 Å². The molecule has 1 fully saturated rings. The second-order valence-corrected chi connectivity index (χ2v) is 5.29. The van der Waals surface area contributed by atoms with Crippen LogP contribution < -0.4 is 0 Å². The lowest BCUT2D eigenvalue weighted by Crippen LogP contribution is -2.07. The Kier molecular flexibility index (Phi) is 5.92. The van der Waals surface area contributed by atoms with E-state index >= 15 is 0 Å². The van der Waals surface area contributed by atoms with Gasteiger partial charge in [-0.25, -0.2) is 9.97 Å². The maximum absolute atomic E-state index is 6.08. The highest BCUT2D eigenvalue weighted by atomic mass is 127. The Balaban J connectivity index is 0.000000810. The maximum atomic E-state index is 6.08. The van der Waals surface area contributed by atoms with Gasteiger partial charge in [0.1, 0.15) is 17.1 Å². The molecule has 1 saturated heterocycles. The number of halogens is 4. The Morgan fingerprint density at radius 3 is 2.83 bits per heavy atom. The number of rotatable bonds is 1. The van der Waals surface area contributed by atoms with E-state index in [2.05, 4.69) is 43.3 Å². The molecule has 0 N–H and O–H groups in total. The fraction of sp³-hybridized carbons (Fsp3) is 0.400. The standard InChI is InChI=1S/C10H9ClIN3O.2ClH/c11-9-8-7(12)3-15(6-1-2-16-4-6)10(8)14-5-13-9;;/h3,5-6H,1-2,4H2;2*1H. The molecule has 0 aliphatic carbocycles. The predicted octanol–water partition coefficient (Wildman–Crippen LogP) is 3.49. The molecule has 3 heterocycles. The number of ether oxygens (including phenoxy) is 1. The zero-order chi connectivity index (χ0) is 11.1. The van der Waals surface area contributed by atoms with Gasteiger partial charge in [-0.2, -0.15) is 0 Å². The first kappa shape index (κ1) is 16.2. The monoisotopic (exact) mass is 421 g/mol. The molecule has 0 bridgehead atoms. The Morgan fingerprint density at radius 1 is 1.39 bits per heavy atom. The third-order valence-electron chi connectivity index (χ3n) is 2.82. The lowest BCUT2D eigenvalue weighted by atomic mass is 10.2. The molecule has 0 saturated carbocycles. The van der Waals surface area contributed by atoms with Gasteiger partial charge in [0.15, 0.2) is 0 Å². The lowest BCUT2D eigenvalue weighted by molar-refractivity contribution is 0.187. The van der Waals surface area contributed by atoms with Crippen molar-refractivity contribution in [2.75, 3.05) is 13.2 Å². The van der Waals surface area contributed by atoms with Crippen molar-refractivity contribution in [1.82, 2.24) is 14.5 Å². The van der Waals surface area contributed by atoms with E-state index in [9.17, 15) is 0 Å². The lowest BCUT2D eigenvalue weighted by Gasteiger charge is -2.10. The van der Waals surface area contributed by atoms with Gasteiger partial charge in [0.25, 0.3) is 0 Å². The van der Waals surface area contributed by atoms with Crippen LogP contribution in [0.4, 0.5) is 0 Å². The van der Waals surface area contributed by atoms with Crippen LogP contribution in [-0.4, -0.2) is 27.7 Å². The number of fused-ring (bicyclic) bond motifs is 1. The van der Waals surface area contributed by atoms with E-state index in [4.69, 9.17) is 16.3 Å². The molecule has 100 valence electrons. The summed E-state index contributed by atoms with van der Waals surface area (Å²) in [4.78, 5) is 8.33. The summed E-state index contributed by atoms with van der Waals surface area (Å²) in [6.45, 7) is 1.57. The van der Waals surface area contributed by atoms with Crippen molar-refractivity contribution in [3.8, 4) is 0 Å². The summed E-state index contributed by atoms with van der Waals surface area (Å²) in [5.74, 6) is 0. The molecule has 2 aromatic heterocycles. The van der Waals surface area contributed by atoms with Crippen molar-refractivity contribution < 1.29 is 4.74 Å². The minimum absolute atomic E-state index is 0. The normalized spacial score (nSPS) is 18.4. The first-order valence-corrected chi connectivity index (χ1v) is 6.47. The van der Waals surface area contributed by atoms with Crippen LogP contribution in [0.1, 0.15) is 12.5 Å². The first-order valence-electron chi connectivity index (χ1n) is 5.01. The summed E-state index contributed by atoms with van der Waals surface area (Å²) >= 11 is 8.35. The van der Waals surface area contributed by atoms with Gasteiger partial charge in [0, 0.05) is 16.4 Å². The second kappa shape index (κ2) is 6.56. The van der Waals surface area contributed by atoms with E-state index in [0.29, 0.717) is 11.2 Å². The number of hydrogen-bond acceptors (Lipinski definition) is 3. The number of nitrogens with zero attached hydrogens (tertiary/aromatic N) is 3. The molecule has 1 unspecified atom stereocenters. The quantitative estimate of drug-likeness (QED) is 0.522. The van der Waals surface area contributed by atoms with Gasteiger partial charge >= 0.3 is 0 Å². The van der Waals surface area contributed by atoms with Crippen molar-refractivity contribution in [3.05, 3.63) is 21.2 Å². The van der Waals surface area contributed by atoms with Crippen LogP contribution in [0.15, 0.2) is 12.5 Å². The molecule has 2 aromatic rings. The van der Waals surface area contributed by atoms with Crippen molar-refractivity contribution in [1.29, 1.82) is 0 Å². The molecule has 1 aliphatic rings. The van der Waals surface area contributed by atoms with Crippen molar-refractivity contribution in [3.63, 3.8) is 0 Å². The highest BCUT2D eigenvalue weighted by molar-refractivity contribution is 14.1. The van der Waals surface area contributed by atoms with Crippen LogP contribution in [0.5, 0.6) is 0 Å². The molecule has 3 rings (SSSR count). The average molecular weight is 422 g/mol. The van der Waals surface area contributed by atoms with Crippen molar-refractivity contribution in [2.45, 2.75) is 12.5 Å². The molecule has 1 aliphatic heterocycles. The Labute approximate surface area is 135 Å². The minimum atomic E-state index is 0. The number of hydrogen-bond donors (Lipinski definition) is 0. The minimum Gasteiger partial charge on any atom is -0.379 e. The molecule has 0 aromatic carbocycles. The third-order valence-corrected chi connectivity index (χ3v) is 3.92. The molecule has 0 spiro atoms. The van der Waals surface area contributed by atoms with Crippen molar-refractivity contribution >= 4 is 70.0 Å². The fourth-order valence-corrected chi connectivity index (χ4v) is 3.21. The van der Waals surface area contributed by atoms with Gasteiger partial charge in [-0.3, -0.25) is 0 Å². The van der Waals surface area contributed by atoms with E-state index < -0.39 is 0 Å². The molecule has 0 amide bonds. The second-order valence-electron chi connectivity index (χ2n) is 3.76. The van der Waals surface area contributed by atoms with Gasteiger partial charge in [0.2, 0.25) is 0 Å². The molecule has 8 heteroatoms. The van der Waals surface area contributed by atoms with Gasteiger partial charge in [-0.1, -0.05) is 11.6 Å². The molecular formula is C10H11Cl3IN3O. The molecule has 0 radical (unpaired) electrons. The van der Waals surface area contributed by atoms with Crippen LogP contribution in [0, 0.1) is 3.57 Å². The summed E-state index contributed by atoms with van der Waals surface area (Å²) in [7, 11) is 0. The summed E-state index contributed by atoms with van der Waals surface area (Å²) in [6.07, 6.45) is 4.61. The van der Waals surface area contributed by atoms with Crippen LogP contribution in [0.3, 0.4) is 0 Å². The summed E-state index contributed by atoms with van der Waals surface area (Å²) in [6, 6.07) is 0.372. The van der Waals surface area contributed by atoms with Gasteiger partial charge < -0.3 is 9.30 Å². The van der Waals surface area contributed by atoms with Gasteiger partial charge in [-0.15, -0.1) is 24.8 Å². The van der Waals surface area contributed by atoms with E-state index in [1.54, 1.807) is 0 Å². The number of aromatic nitrogens is 3. The van der Waals surface area contributed by atoms with Gasteiger partial charge in [-0.05, 0) is 29.0 Å². The zero-order valence-electron chi connectivity index (χ0n) is 9.18. The van der Waals surface area contributed by atoms with Crippen LogP contribution in [-0.2, 0) is 4.74 Å². The summed E-state index contributed by atoms with van der Waals surface area (Å²) < 4.78 is 8.64. The van der Waals surface area contributed by atoms with E-state index in [1.807, 2.05) is 0 Å².